The highest BCUT2D eigenvalue weighted by Crippen LogP contribution is 2.24. The predicted octanol–water partition coefficient (Wildman–Crippen LogP) is 3.67. The van der Waals surface area contributed by atoms with Crippen molar-refractivity contribution < 1.29 is 9.18 Å². The fourth-order valence-electron chi connectivity index (χ4n) is 2.86. The molecule has 0 saturated heterocycles. The Morgan fingerprint density at radius 3 is 2.96 bits per heavy atom. The molecule has 24 heavy (non-hydrogen) atoms. The number of para-hydroxylation sites is 1. The molecule has 4 nitrogen and oxygen atoms in total. The van der Waals surface area contributed by atoms with Crippen LogP contribution in [0.5, 0.6) is 0 Å². The van der Waals surface area contributed by atoms with Crippen LogP contribution in [0, 0.1) is 19.7 Å². The third-order valence-corrected chi connectivity index (χ3v) is 5.18. The summed E-state index contributed by atoms with van der Waals surface area (Å²) in [5.41, 5.74) is 5.09. The van der Waals surface area contributed by atoms with Crippen molar-refractivity contribution in [3.8, 4) is 0 Å². The number of fused-ring (bicyclic) bond motifs is 1. The summed E-state index contributed by atoms with van der Waals surface area (Å²) in [4.78, 5) is 20.7. The van der Waals surface area contributed by atoms with E-state index in [2.05, 4.69) is 15.3 Å². The Balaban J connectivity index is 1.56. The molecule has 2 aromatic heterocycles. The van der Waals surface area contributed by atoms with Gasteiger partial charge >= 0.3 is 0 Å². The summed E-state index contributed by atoms with van der Waals surface area (Å²) in [5, 5.41) is 3.73. The second-order valence-corrected chi connectivity index (χ2v) is 6.82. The first-order valence-corrected chi connectivity index (χ1v) is 8.85. The highest BCUT2D eigenvalue weighted by atomic mass is 32.1. The van der Waals surface area contributed by atoms with Crippen LogP contribution in [0.4, 0.5) is 4.39 Å². The summed E-state index contributed by atoms with van der Waals surface area (Å²) in [6, 6.07) is 4.93. The zero-order valence-corrected chi connectivity index (χ0v) is 14.6. The maximum atomic E-state index is 13.8. The quantitative estimate of drug-likeness (QED) is 0.670. The molecule has 6 heteroatoms. The normalized spacial score (nSPS) is 11.1. The van der Waals surface area contributed by atoms with Crippen LogP contribution in [0.15, 0.2) is 23.7 Å². The molecule has 3 rings (SSSR count). The van der Waals surface area contributed by atoms with Gasteiger partial charge in [-0.05, 0) is 38.3 Å². The van der Waals surface area contributed by atoms with Crippen LogP contribution in [0.1, 0.15) is 28.2 Å². The van der Waals surface area contributed by atoms with Crippen molar-refractivity contribution >= 4 is 28.1 Å². The van der Waals surface area contributed by atoms with Crippen molar-refractivity contribution in [3.63, 3.8) is 0 Å². The zero-order chi connectivity index (χ0) is 17.1. The molecule has 0 spiro atoms. The number of nitrogens with zero attached hydrogens (tertiary/aromatic N) is 1. The molecule has 0 saturated carbocycles. The number of halogens is 1. The van der Waals surface area contributed by atoms with Crippen molar-refractivity contribution in [2.75, 3.05) is 6.54 Å². The number of benzene rings is 1. The molecule has 1 aromatic carbocycles. The fraction of sp³-hybridized carbons (Fsp3) is 0.333. The lowest BCUT2D eigenvalue weighted by Crippen LogP contribution is -2.26. The second-order valence-electron chi connectivity index (χ2n) is 5.88. The number of nitrogens with one attached hydrogen (secondary N) is 2. The smallest absolute Gasteiger partial charge is 0.224 e. The molecule has 3 aromatic rings. The molecule has 0 fully saturated rings. The largest absolute Gasteiger partial charge is 0.356 e. The Hall–Kier alpha value is -2.21. The van der Waals surface area contributed by atoms with E-state index in [4.69, 9.17) is 0 Å². The van der Waals surface area contributed by atoms with Gasteiger partial charge in [0.2, 0.25) is 5.91 Å². The van der Waals surface area contributed by atoms with E-state index in [0.717, 1.165) is 35.2 Å². The number of hydrogen-bond donors (Lipinski definition) is 2. The first kappa shape index (κ1) is 16.6. The molecule has 126 valence electrons. The molecule has 0 aliphatic heterocycles. The van der Waals surface area contributed by atoms with Crippen molar-refractivity contribution in [3.05, 3.63) is 51.4 Å². The predicted molar refractivity (Wildman–Crippen MR) is 94.9 cm³/mol. The summed E-state index contributed by atoms with van der Waals surface area (Å²) >= 11 is 1.65. The molecule has 0 aliphatic carbocycles. The van der Waals surface area contributed by atoms with Crippen LogP contribution >= 0.6 is 11.3 Å². The Morgan fingerprint density at radius 1 is 1.38 bits per heavy atom. The number of rotatable bonds is 6. The Morgan fingerprint density at radius 2 is 2.21 bits per heavy atom. The van der Waals surface area contributed by atoms with Gasteiger partial charge in [-0.1, -0.05) is 12.1 Å². The molecule has 0 radical (unpaired) electrons. The molecule has 2 N–H and O–H groups in total. The third kappa shape index (κ3) is 3.48. The van der Waals surface area contributed by atoms with Gasteiger partial charge in [0.15, 0.2) is 0 Å². The lowest BCUT2D eigenvalue weighted by Gasteiger charge is -2.05. The lowest BCUT2D eigenvalue weighted by molar-refractivity contribution is -0.120. The fourth-order valence-corrected chi connectivity index (χ4v) is 3.68. The summed E-state index contributed by atoms with van der Waals surface area (Å²) in [6.07, 6.45) is 2.07. The van der Waals surface area contributed by atoms with Gasteiger partial charge in [0, 0.05) is 22.5 Å². The minimum atomic E-state index is -0.290. The number of aryl methyl sites for hydroxylation is 3. The highest BCUT2D eigenvalue weighted by Gasteiger charge is 2.14. The minimum Gasteiger partial charge on any atom is -0.356 e. The lowest BCUT2D eigenvalue weighted by atomic mass is 10.1. The van der Waals surface area contributed by atoms with E-state index in [1.54, 1.807) is 17.4 Å². The maximum Gasteiger partial charge on any atom is 0.224 e. The highest BCUT2D eigenvalue weighted by molar-refractivity contribution is 7.09. The van der Waals surface area contributed by atoms with E-state index in [1.807, 2.05) is 25.4 Å². The number of thiazole rings is 1. The zero-order valence-electron chi connectivity index (χ0n) is 13.8. The molecule has 0 aliphatic rings. The summed E-state index contributed by atoms with van der Waals surface area (Å²) in [6.45, 7) is 4.50. The summed E-state index contributed by atoms with van der Waals surface area (Å²) < 4.78 is 13.8. The second kappa shape index (κ2) is 7.13. The first-order chi connectivity index (χ1) is 11.6. The van der Waals surface area contributed by atoms with Crippen LogP contribution in [-0.2, 0) is 17.6 Å². The topological polar surface area (TPSA) is 57.8 Å². The minimum absolute atomic E-state index is 0.0377. The van der Waals surface area contributed by atoms with Gasteiger partial charge in [0.25, 0.3) is 0 Å². The van der Waals surface area contributed by atoms with Gasteiger partial charge in [-0.2, -0.15) is 0 Å². The van der Waals surface area contributed by atoms with Gasteiger partial charge in [0.05, 0.1) is 23.1 Å². The Kier molecular flexibility index (Phi) is 4.94. The van der Waals surface area contributed by atoms with E-state index >= 15 is 0 Å². The molecular formula is C18H20FN3OS. The molecule has 0 bridgehead atoms. The first-order valence-electron chi connectivity index (χ1n) is 7.97. The van der Waals surface area contributed by atoms with Gasteiger partial charge in [-0.3, -0.25) is 4.79 Å². The standard InChI is InChI=1S/C18H20FN3OS/c1-11-14(13-5-3-6-15(19)18(13)22-11)9-17(23)20-8-4-7-16-12(2)21-10-24-16/h3,5-6,10,22H,4,7-9H2,1-2H3,(H,20,23). The monoisotopic (exact) mass is 345 g/mol. The van der Waals surface area contributed by atoms with Crippen LogP contribution in [0.3, 0.4) is 0 Å². The number of aromatic amines is 1. The molecule has 0 unspecified atom stereocenters. The van der Waals surface area contributed by atoms with Crippen LogP contribution < -0.4 is 5.32 Å². The number of aromatic nitrogens is 2. The SMILES string of the molecule is Cc1ncsc1CCCNC(=O)Cc1c(C)[nH]c2c(F)cccc12. The van der Waals surface area contributed by atoms with Gasteiger partial charge in [-0.15, -0.1) is 11.3 Å². The number of carbonyl (C=O) groups is 1. The molecular weight excluding hydrogens is 325 g/mol. The van der Waals surface area contributed by atoms with Crippen LogP contribution in [-0.4, -0.2) is 22.4 Å². The van der Waals surface area contributed by atoms with E-state index in [9.17, 15) is 9.18 Å². The molecule has 2 heterocycles. The van der Waals surface area contributed by atoms with E-state index < -0.39 is 0 Å². The van der Waals surface area contributed by atoms with Crippen molar-refractivity contribution in [1.82, 2.24) is 15.3 Å². The van der Waals surface area contributed by atoms with E-state index in [1.165, 1.54) is 10.9 Å². The van der Waals surface area contributed by atoms with E-state index in [0.29, 0.717) is 12.1 Å². The Bertz CT molecular complexity index is 868. The van der Waals surface area contributed by atoms with Gasteiger partial charge in [0.1, 0.15) is 5.82 Å². The van der Waals surface area contributed by atoms with Crippen molar-refractivity contribution in [1.29, 1.82) is 0 Å². The van der Waals surface area contributed by atoms with Crippen molar-refractivity contribution in [2.45, 2.75) is 33.1 Å². The van der Waals surface area contributed by atoms with Crippen molar-refractivity contribution in [2.24, 2.45) is 0 Å². The molecule has 1 amide bonds. The summed E-state index contributed by atoms with van der Waals surface area (Å²) in [5.74, 6) is -0.327. The third-order valence-electron chi connectivity index (χ3n) is 4.19. The van der Waals surface area contributed by atoms with Gasteiger partial charge in [-0.25, -0.2) is 9.37 Å². The maximum absolute atomic E-state index is 13.8. The average molecular weight is 345 g/mol. The summed E-state index contributed by atoms with van der Waals surface area (Å²) in [7, 11) is 0. The number of amides is 1. The number of carbonyl (C=O) groups excluding carboxylic acids is 1. The van der Waals surface area contributed by atoms with E-state index in [-0.39, 0.29) is 18.1 Å². The van der Waals surface area contributed by atoms with Gasteiger partial charge < -0.3 is 10.3 Å². The average Bonchev–Trinajstić information content (AvgIpc) is 3.09. The Labute approximate surface area is 144 Å². The number of hydrogen-bond acceptors (Lipinski definition) is 3. The number of H-pyrrole nitrogens is 1. The van der Waals surface area contributed by atoms with Crippen LogP contribution in [0.2, 0.25) is 0 Å². The van der Waals surface area contributed by atoms with Crippen LogP contribution in [0.25, 0.3) is 10.9 Å². The molecule has 0 atom stereocenters.